The fraction of sp³-hybridized carbons (Fsp3) is 0.450. The second kappa shape index (κ2) is 7.67. The van der Waals surface area contributed by atoms with Crippen LogP contribution < -0.4 is 21.9 Å². The summed E-state index contributed by atoms with van der Waals surface area (Å²) in [6.45, 7) is 1.36. The van der Waals surface area contributed by atoms with Crippen molar-refractivity contribution in [2.75, 3.05) is 18.0 Å². The number of imidazole rings is 1. The van der Waals surface area contributed by atoms with Gasteiger partial charge in [-0.3, -0.25) is 18.5 Å². The molecule has 1 fully saturated rings. The summed E-state index contributed by atoms with van der Waals surface area (Å²) in [6, 6.07) is -0.0357. The lowest BCUT2D eigenvalue weighted by Crippen LogP contribution is -2.44. The van der Waals surface area contributed by atoms with E-state index in [1.807, 2.05) is 4.90 Å². The molecule has 2 aromatic heterocycles. The maximum absolute atomic E-state index is 14.0. The number of hydrogen-bond donors (Lipinski definition) is 1. The fourth-order valence-corrected chi connectivity index (χ4v) is 4.03. The zero-order chi connectivity index (χ0) is 21.6. The Bertz CT molecular complexity index is 1220. The normalized spacial score (nSPS) is 20.1. The highest BCUT2D eigenvalue weighted by molar-refractivity contribution is 5.75. The Hall–Kier alpha value is -3.01. The van der Waals surface area contributed by atoms with Crippen LogP contribution in [-0.2, 0) is 20.6 Å². The van der Waals surface area contributed by atoms with Gasteiger partial charge in [0.05, 0.1) is 6.54 Å². The van der Waals surface area contributed by atoms with E-state index in [9.17, 15) is 18.4 Å². The molecule has 0 spiro atoms. The van der Waals surface area contributed by atoms with Crippen molar-refractivity contribution in [1.82, 2.24) is 18.7 Å². The molecular formula is C20H24F2N6O2. The Morgan fingerprint density at radius 1 is 1.20 bits per heavy atom. The van der Waals surface area contributed by atoms with Crippen LogP contribution in [0.1, 0.15) is 19.3 Å². The lowest BCUT2D eigenvalue weighted by atomic mass is 10.1. The third-order valence-corrected chi connectivity index (χ3v) is 5.59. The number of piperidine rings is 1. The standard InChI is InChI=1S/C20H24F2N6O2/c1-25-17-16(18(29)26(2)20(25)30)28(10-12-5-6-13(21)9-14(22)8-12)19(24-17)27-7-3-4-15(23)11-27/h5,8-9,15H,3-4,6-7,10-11,23H2,1-2H3. The third-order valence-electron chi connectivity index (χ3n) is 5.59. The second-order valence-electron chi connectivity index (χ2n) is 7.83. The zero-order valence-electron chi connectivity index (χ0n) is 16.9. The van der Waals surface area contributed by atoms with Gasteiger partial charge < -0.3 is 10.6 Å². The average molecular weight is 418 g/mol. The van der Waals surface area contributed by atoms with Crippen molar-refractivity contribution in [2.45, 2.75) is 31.8 Å². The molecule has 1 aliphatic carbocycles. The van der Waals surface area contributed by atoms with E-state index in [0.717, 1.165) is 23.5 Å². The Labute approximate surface area is 171 Å². The molecule has 0 aromatic carbocycles. The van der Waals surface area contributed by atoms with Gasteiger partial charge in [0, 0.05) is 45.7 Å². The number of halogens is 2. The summed E-state index contributed by atoms with van der Waals surface area (Å²) < 4.78 is 31.6. The van der Waals surface area contributed by atoms with Gasteiger partial charge in [0.15, 0.2) is 11.2 Å². The average Bonchev–Trinajstić information content (AvgIpc) is 2.99. The van der Waals surface area contributed by atoms with Gasteiger partial charge in [0.25, 0.3) is 5.56 Å². The van der Waals surface area contributed by atoms with E-state index in [-0.39, 0.29) is 30.2 Å². The van der Waals surface area contributed by atoms with E-state index >= 15 is 0 Å². The Morgan fingerprint density at radius 3 is 2.70 bits per heavy atom. The molecule has 1 saturated heterocycles. The van der Waals surface area contributed by atoms with Crippen molar-refractivity contribution in [3.8, 4) is 0 Å². The molecule has 30 heavy (non-hydrogen) atoms. The molecule has 1 unspecified atom stereocenters. The first-order valence-electron chi connectivity index (χ1n) is 9.85. The molecule has 1 aliphatic heterocycles. The highest BCUT2D eigenvalue weighted by Crippen LogP contribution is 2.26. The first-order chi connectivity index (χ1) is 14.3. The van der Waals surface area contributed by atoms with Crippen molar-refractivity contribution < 1.29 is 8.78 Å². The maximum atomic E-state index is 14.0. The minimum Gasteiger partial charge on any atom is -0.341 e. The van der Waals surface area contributed by atoms with Crippen LogP contribution in [0.2, 0.25) is 0 Å². The smallest absolute Gasteiger partial charge is 0.332 e. The number of aryl methyl sites for hydroxylation is 1. The summed E-state index contributed by atoms with van der Waals surface area (Å²) in [5, 5.41) is 0. The molecule has 4 rings (SSSR count). The summed E-state index contributed by atoms with van der Waals surface area (Å²) in [5.74, 6) is -0.775. The Balaban J connectivity index is 1.92. The number of nitrogens with zero attached hydrogens (tertiary/aromatic N) is 5. The Kier molecular flexibility index (Phi) is 5.19. The highest BCUT2D eigenvalue weighted by Gasteiger charge is 2.26. The zero-order valence-corrected chi connectivity index (χ0v) is 16.9. The van der Waals surface area contributed by atoms with Gasteiger partial charge in [-0.1, -0.05) is 6.08 Å². The molecular weight excluding hydrogens is 394 g/mol. The van der Waals surface area contributed by atoms with Crippen LogP contribution in [0.4, 0.5) is 14.7 Å². The monoisotopic (exact) mass is 418 g/mol. The second-order valence-corrected chi connectivity index (χ2v) is 7.83. The Morgan fingerprint density at radius 2 is 1.97 bits per heavy atom. The number of nitrogens with two attached hydrogens (primary N) is 1. The van der Waals surface area contributed by atoms with Crippen molar-refractivity contribution in [1.29, 1.82) is 0 Å². The van der Waals surface area contributed by atoms with Crippen molar-refractivity contribution in [2.24, 2.45) is 19.8 Å². The van der Waals surface area contributed by atoms with E-state index in [1.54, 1.807) is 17.7 Å². The van der Waals surface area contributed by atoms with E-state index in [0.29, 0.717) is 24.6 Å². The number of allylic oxidation sites excluding steroid dienone is 6. The summed E-state index contributed by atoms with van der Waals surface area (Å²) in [4.78, 5) is 32.0. The highest BCUT2D eigenvalue weighted by atomic mass is 19.1. The molecule has 0 amide bonds. The summed E-state index contributed by atoms with van der Waals surface area (Å²) in [5.41, 5.74) is 6.16. The molecule has 0 radical (unpaired) electrons. The third kappa shape index (κ3) is 3.51. The first kappa shape index (κ1) is 20.3. The van der Waals surface area contributed by atoms with E-state index < -0.39 is 22.9 Å². The lowest BCUT2D eigenvalue weighted by Gasteiger charge is -2.32. The predicted octanol–water partition coefficient (Wildman–Crippen LogP) is 1.40. The molecule has 2 N–H and O–H groups in total. The van der Waals surface area contributed by atoms with Crippen LogP contribution in [0, 0.1) is 0 Å². The van der Waals surface area contributed by atoms with E-state index in [4.69, 9.17) is 5.73 Å². The number of hydrogen-bond acceptors (Lipinski definition) is 5. The van der Waals surface area contributed by atoms with Crippen LogP contribution in [0.3, 0.4) is 0 Å². The van der Waals surface area contributed by atoms with Gasteiger partial charge in [-0.25, -0.2) is 13.6 Å². The first-order valence-corrected chi connectivity index (χ1v) is 9.85. The maximum Gasteiger partial charge on any atom is 0.332 e. The predicted molar refractivity (Wildman–Crippen MR) is 111 cm³/mol. The quantitative estimate of drug-likeness (QED) is 0.814. The molecule has 0 saturated carbocycles. The molecule has 3 heterocycles. The van der Waals surface area contributed by atoms with Gasteiger partial charge in [0.2, 0.25) is 5.95 Å². The molecule has 10 heteroatoms. The van der Waals surface area contributed by atoms with E-state index in [1.165, 1.54) is 17.7 Å². The number of rotatable bonds is 3. The lowest BCUT2D eigenvalue weighted by molar-refractivity contribution is 0.495. The van der Waals surface area contributed by atoms with Crippen LogP contribution >= 0.6 is 0 Å². The van der Waals surface area contributed by atoms with Gasteiger partial charge in [-0.15, -0.1) is 0 Å². The minimum atomic E-state index is -0.692. The molecule has 1 atom stereocenters. The number of anilines is 1. The van der Waals surface area contributed by atoms with Crippen LogP contribution in [-0.4, -0.2) is 37.8 Å². The number of aromatic nitrogens is 4. The van der Waals surface area contributed by atoms with Gasteiger partial charge in [-0.05, 0) is 24.5 Å². The van der Waals surface area contributed by atoms with Crippen molar-refractivity contribution in [3.63, 3.8) is 0 Å². The van der Waals surface area contributed by atoms with Crippen molar-refractivity contribution >= 4 is 17.1 Å². The molecule has 0 bridgehead atoms. The van der Waals surface area contributed by atoms with Gasteiger partial charge >= 0.3 is 5.69 Å². The van der Waals surface area contributed by atoms with Gasteiger partial charge in [-0.2, -0.15) is 4.98 Å². The minimum absolute atomic E-state index is 0.0354. The van der Waals surface area contributed by atoms with Gasteiger partial charge in [0.1, 0.15) is 11.7 Å². The van der Waals surface area contributed by atoms with Crippen LogP contribution in [0.25, 0.3) is 11.2 Å². The fourth-order valence-electron chi connectivity index (χ4n) is 4.03. The van der Waals surface area contributed by atoms with E-state index in [2.05, 4.69) is 4.98 Å². The van der Waals surface area contributed by atoms with Crippen LogP contribution in [0.15, 0.2) is 45.0 Å². The topological polar surface area (TPSA) is 91.1 Å². The summed E-state index contributed by atoms with van der Waals surface area (Å²) >= 11 is 0. The molecule has 2 aliphatic rings. The molecule has 8 nitrogen and oxygen atoms in total. The van der Waals surface area contributed by atoms with Crippen molar-refractivity contribution in [3.05, 3.63) is 56.3 Å². The van der Waals surface area contributed by atoms with Crippen LogP contribution in [0.5, 0.6) is 0 Å². The summed E-state index contributed by atoms with van der Waals surface area (Å²) in [7, 11) is 2.96. The largest absolute Gasteiger partial charge is 0.341 e. The summed E-state index contributed by atoms with van der Waals surface area (Å²) in [6.07, 6.45) is 5.41. The SMILES string of the molecule is Cn1c(=O)c2c(nc(N3CCCC(N)C3)n2CC2=CCC(F)=CC(F)=C2)n(C)c1=O. The number of fused-ring (bicyclic) bond motifs is 1. The molecule has 2 aromatic rings. The molecule has 160 valence electrons.